The van der Waals surface area contributed by atoms with Crippen LogP contribution in [0.4, 0.5) is 14.6 Å². The number of anilines is 1. The van der Waals surface area contributed by atoms with E-state index in [1.807, 2.05) is 10.6 Å². The first kappa shape index (κ1) is 23.3. The molecule has 1 aromatic carbocycles. The quantitative estimate of drug-likeness (QED) is 0.248. The van der Waals surface area contributed by atoms with Gasteiger partial charge in [-0.15, -0.1) is 0 Å². The number of aryl methyl sites for hydroxylation is 2. The number of halogens is 3. The normalized spacial score (nSPS) is 16.1. The van der Waals surface area contributed by atoms with Gasteiger partial charge in [-0.1, -0.05) is 6.07 Å². The van der Waals surface area contributed by atoms with Gasteiger partial charge in [-0.05, 0) is 98.3 Å². The molecule has 0 saturated heterocycles. The molecule has 3 N–H and O–H groups in total. The van der Waals surface area contributed by atoms with E-state index in [9.17, 15) is 8.78 Å². The third-order valence-corrected chi connectivity index (χ3v) is 6.80. The minimum atomic E-state index is -0.912. The summed E-state index contributed by atoms with van der Waals surface area (Å²) in [7, 11) is 0. The lowest BCUT2D eigenvalue weighted by Gasteiger charge is -2.20. The van der Waals surface area contributed by atoms with Gasteiger partial charge >= 0.3 is 6.08 Å². The Bertz CT molecular complexity index is 1140. The summed E-state index contributed by atoms with van der Waals surface area (Å²) < 4.78 is 31.3. The van der Waals surface area contributed by atoms with Crippen molar-refractivity contribution in [1.29, 1.82) is 0 Å². The molecule has 4 rings (SSSR count). The smallest absolute Gasteiger partial charge is 0.312 e. The number of fused-ring (bicyclic) bond motifs is 2. The predicted octanol–water partition coefficient (Wildman–Crippen LogP) is 4.87. The van der Waals surface area contributed by atoms with Crippen LogP contribution in [0.5, 0.6) is 0 Å². The summed E-state index contributed by atoms with van der Waals surface area (Å²) in [6, 6.07) is 4.03. The second-order valence-electron chi connectivity index (χ2n) is 9.44. The van der Waals surface area contributed by atoms with Crippen LogP contribution >= 0.6 is 22.6 Å². The Balaban J connectivity index is 1.63. The number of nitrogens with zero attached hydrogens (tertiary/aromatic N) is 4. The van der Waals surface area contributed by atoms with Gasteiger partial charge in [-0.25, -0.2) is 9.37 Å². The Labute approximate surface area is 200 Å². The van der Waals surface area contributed by atoms with Crippen LogP contribution in [0.25, 0.3) is 11.2 Å². The van der Waals surface area contributed by atoms with Crippen molar-refractivity contribution in [2.24, 2.45) is 0 Å². The zero-order valence-corrected chi connectivity index (χ0v) is 20.8. The van der Waals surface area contributed by atoms with E-state index in [1.54, 1.807) is 0 Å². The van der Waals surface area contributed by atoms with E-state index >= 15 is 0 Å². The standard InChI is InChI=1S/C23H29F2IN6/c1-23(2,3)28-8-4-5-9-32-18(29-19-20(27)30-22(25)31-21(19)32)12-14-10-15-13(11-17(14)26)6-7-16(15)24/h10-11,16,28H,4-9,12H2,1-3H3,(H2,27,30,31). The molecule has 0 spiro atoms. The van der Waals surface area contributed by atoms with Crippen molar-refractivity contribution < 1.29 is 8.78 Å². The highest BCUT2D eigenvalue weighted by Crippen LogP contribution is 2.37. The molecule has 1 aliphatic rings. The van der Waals surface area contributed by atoms with E-state index in [0.29, 0.717) is 30.6 Å². The van der Waals surface area contributed by atoms with Crippen molar-refractivity contribution >= 4 is 39.6 Å². The lowest BCUT2D eigenvalue weighted by atomic mass is 10.0. The van der Waals surface area contributed by atoms with Crippen LogP contribution in [0.2, 0.25) is 0 Å². The molecule has 0 saturated carbocycles. The molecule has 0 amide bonds. The Hall–Kier alpha value is -1.88. The van der Waals surface area contributed by atoms with Crippen LogP contribution in [0.15, 0.2) is 12.1 Å². The third-order valence-electron chi connectivity index (χ3n) is 5.80. The molecular weight excluding hydrogens is 525 g/mol. The number of unbranched alkanes of at least 4 members (excludes halogenated alkanes) is 1. The Kier molecular flexibility index (Phi) is 6.67. The van der Waals surface area contributed by atoms with Crippen LogP contribution in [-0.4, -0.2) is 31.6 Å². The second-order valence-corrected chi connectivity index (χ2v) is 10.6. The van der Waals surface area contributed by atoms with Crippen LogP contribution in [0.3, 0.4) is 0 Å². The summed E-state index contributed by atoms with van der Waals surface area (Å²) >= 11 is 2.30. The van der Waals surface area contributed by atoms with Crippen molar-refractivity contribution in [2.45, 2.75) is 71.1 Å². The molecule has 0 aliphatic heterocycles. The molecule has 3 aromatic rings. The number of imidazole rings is 1. The average Bonchev–Trinajstić information content (AvgIpc) is 3.22. The van der Waals surface area contributed by atoms with Gasteiger partial charge < -0.3 is 15.6 Å². The summed E-state index contributed by atoms with van der Waals surface area (Å²) in [6.45, 7) is 7.93. The number of alkyl halides is 1. The summed E-state index contributed by atoms with van der Waals surface area (Å²) in [5.74, 6) is 0.774. The number of nitrogen functional groups attached to an aromatic ring is 1. The molecule has 172 valence electrons. The highest BCUT2D eigenvalue weighted by atomic mass is 127. The zero-order valence-electron chi connectivity index (χ0n) is 18.7. The molecular formula is C23H29F2IN6. The van der Waals surface area contributed by atoms with Gasteiger partial charge in [0.15, 0.2) is 17.0 Å². The number of rotatable bonds is 7. The molecule has 2 heterocycles. The molecule has 0 bridgehead atoms. The molecule has 1 unspecified atom stereocenters. The first-order chi connectivity index (χ1) is 15.1. The summed E-state index contributed by atoms with van der Waals surface area (Å²) in [4.78, 5) is 12.3. The highest BCUT2D eigenvalue weighted by molar-refractivity contribution is 14.1. The maximum atomic E-state index is 14.3. The van der Waals surface area contributed by atoms with Gasteiger partial charge in [0.05, 0.1) is 0 Å². The Morgan fingerprint density at radius 3 is 2.75 bits per heavy atom. The van der Waals surface area contributed by atoms with E-state index in [2.05, 4.69) is 69.7 Å². The van der Waals surface area contributed by atoms with Gasteiger partial charge in [0.25, 0.3) is 0 Å². The molecule has 6 nitrogen and oxygen atoms in total. The predicted molar refractivity (Wildman–Crippen MR) is 131 cm³/mol. The highest BCUT2D eigenvalue weighted by Gasteiger charge is 2.24. The van der Waals surface area contributed by atoms with Crippen LogP contribution in [0.1, 0.15) is 68.7 Å². The summed E-state index contributed by atoms with van der Waals surface area (Å²) in [5.41, 5.74) is 9.71. The zero-order chi connectivity index (χ0) is 23.0. The molecule has 32 heavy (non-hydrogen) atoms. The second kappa shape index (κ2) is 9.17. The number of aromatic nitrogens is 4. The Morgan fingerprint density at radius 1 is 1.22 bits per heavy atom. The number of hydrogen-bond donors (Lipinski definition) is 2. The van der Waals surface area contributed by atoms with Crippen molar-refractivity contribution in [3.8, 4) is 0 Å². The van der Waals surface area contributed by atoms with Crippen molar-refractivity contribution in [3.63, 3.8) is 0 Å². The molecule has 0 fully saturated rings. The fraction of sp³-hybridized carbons (Fsp3) is 0.522. The largest absolute Gasteiger partial charge is 0.382 e. The number of nitrogens with two attached hydrogens (primary N) is 1. The van der Waals surface area contributed by atoms with Crippen molar-refractivity contribution in [3.05, 3.63) is 44.3 Å². The Morgan fingerprint density at radius 2 is 2.00 bits per heavy atom. The van der Waals surface area contributed by atoms with Gasteiger partial charge in [-0.3, -0.25) is 0 Å². The van der Waals surface area contributed by atoms with Crippen LogP contribution in [0, 0.1) is 9.65 Å². The van der Waals surface area contributed by atoms with E-state index < -0.39 is 12.2 Å². The van der Waals surface area contributed by atoms with E-state index in [1.165, 1.54) is 0 Å². The number of benzene rings is 1. The minimum absolute atomic E-state index is 0.0365. The fourth-order valence-corrected chi connectivity index (χ4v) is 4.92. The fourth-order valence-electron chi connectivity index (χ4n) is 4.20. The van der Waals surface area contributed by atoms with E-state index in [-0.39, 0.29) is 11.4 Å². The third kappa shape index (κ3) is 5.03. The average molecular weight is 554 g/mol. The SMILES string of the molecule is CC(C)(C)NCCCCn1c(Cc2cc3c(cc2I)CCC3F)nc2c(N)nc(F)nc21. The topological polar surface area (TPSA) is 81.7 Å². The molecule has 2 aromatic heterocycles. The van der Waals surface area contributed by atoms with Gasteiger partial charge in [0.2, 0.25) is 0 Å². The molecule has 9 heteroatoms. The maximum Gasteiger partial charge on any atom is 0.312 e. The van der Waals surface area contributed by atoms with Crippen molar-refractivity contribution in [1.82, 2.24) is 24.8 Å². The first-order valence-electron chi connectivity index (χ1n) is 11.0. The number of nitrogens with one attached hydrogen (secondary N) is 1. The molecule has 1 aliphatic carbocycles. The molecule has 0 radical (unpaired) electrons. The van der Waals surface area contributed by atoms with E-state index in [4.69, 9.17) is 5.73 Å². The van der Waals surface area contributed by atoms with E-state index in [0.717, 1.165) is 51.9 Å². The monoisotopic (exact) mass is 554 g/mol. The maximum absolute atomic E-state index is 14.3. The number of hydrogen-bond acceptors (Lipinski definition) is 5. The van der Waals surface area contributed by atoms with Crippen LogP contribution in [-0.2, 0) is 19.4 Å². The first-order valence-corrected chi connectivity index (χ1v) is 12.1. The minimum Gasteiger partial charge on any atom is -0.382 e. The van der Waals surface area contributed by atoms with Gasteiger partial charge in [-0.2, -0.15) is 14.4 Å². The molecule has 1 atom stereocenters. The summed E-state index contributed by atoms with van der Waals surface area (Å²) in [6.07, 6.45) is 1.88. The summed E-state index contributed by atoms with van der Waals surface area (Å²) in [5, 5.41) is 3.48. The lowest BCUT2D eigenvalue weighted by Crippen LogP contribution is -2.36. The van der Waals surface area contributed by atoms with Gasteiger partial charge in [0, 0.05) is 22.1 Å². The lowest BCUT2D eigenvalue weighted by molar-refractivity contribution is 0.343. The van der Waals surface area contributed by atoms with Crippen LogP contribution < -0.4 is 11.1 Å². The van der Waals surface area contributed by atoms with Crippen molar-refractivity contribution in [2.75, 3.05) is 12.3 Å². The van der Waals surface area contributed by atoms with Gasteiger partial charge in [0.1, 0.15) is 12.0 Å².